The van der Waals surface area contributed by atoms with E-state index in [2.05, 4.69) is 15.6 Å². The monoisotopic (exact) mass is 428 g/mol. The zero-order chi connectivity index (χ0) is 21.6. The third-order valence-electron chi connectivity index (χ3n) is 3.88. The van der Waals surface area contributed by atoms with Gasteiger partial charge in [-0.2, -0.15) is 13.2 Å². The quantitative estimate of drug-likeness (QED) is 0.239. The standard InChI is InChI=1S/C18H19F3N4O3S/c1-11(12(2)17(26)22-3)10-16(24-27)28-15-8-9-25(23-15)13-4-6-14(7-5-13)29-18(19,20)21/h4-10,12,27H,1-3H3,(H,22,26)/b11-10-,24-16-. The molecule has 0 aliphatic carbocycles. The van der Waals surface area contributed by atoms with Gasteiger partial charge in [-0.25, -0.2) is 4.68 Å². The van der Waals surface area contributed by atoms with Crippen molar-refractivity contribution in [2.75, 3.05) is 7.05 Å². The van der Waals surface area contributed by atoms with E-state index in [1.54, 1.807) is 20.0 Å². The lowest BCUT2D eigenvalue weighted by Gasteiger charge is -2.10. The molecule has 0 radical (unpaired) electrons. The predicted molar refractivity (Wildman–Crippen MR) is 102 cm³/mol. The molecule has 1 atom stereocenters. The van der Waals surface area contributed by atoms with Crippen LogP contribution in [0.4, 0.5) is 13.2 Å². The Balaban J connectivity index is 2.10. The van der Waals surface area contributed by atoms with Gasteiger partial charge in [0.15, 0.2) is 0 Å². The van der Waals surface area contributed by atoms with Crippen molar-refractivity contribution in [1.29, 1.82) is 0 Å². The summed E-state index contributed by atoms with van der Waals surface area (Å²) in [6, 6.07) is 7.14. The first-order valence-electron chi connectivity index (χ1n) is 8.34. The number of aromatic nitrogens is 2. The van der Waals surface area contributed by atoms with Crippen LogP contribution in [0.1, 0.15) is 13.8 Å². The second-order valence-corrected chi connectivity index (χ2v) is 7.04. The normalized spacial score (nSPS) is 13.9. The summed E-state index contributed by atoms with van der Waals surface area (Å²) in [5.74, 6) is -0.720. The molecule has 11 heteroatoms. The fraction of sp³-hybridized carbons (Fsp3) is 0.278. The van der Waals surface area contributed by atoms with E-state index in [0.29, 0.717) is 11.3 Å². The number of hydrogen-bond donors (Lipinski definition) is 2. The highest BCUT2D eigenvalue weighted by Crippen LogP contribution is 2.36. The Hall–Kier alpha value is -2.95. The smallest absolute Gasteiger partial charge is 0.416 e. The van der Waals surface area contributed by atoms with Crippen molar-refractivity contribution in [3.8, 4) is 11.6 Å². The van der Waals surface area contributed by atoms with E-state index < -0.39 is 11.4 Å². The van der Waals surface area contributed by atoms with E-state index in [1.165, 1.54) is 48.1 Å². The Morgan fingerprint density at radius 2 is 2.00 bits per heavy atom. The number of hydrogen-bond acceptors (Lipinski definition) is 6. The number of halogens is 3. The third-order valence-corrected chi connectivity index (χ3v) is 4.62. The molecule has 0 aliphatic rings. The lowest BCUT2D eigenvalue weighted by atomic mass is 10.0. The van der Waals surface area contributed by atoms with Gasteiger partial charge in [-0.15, -0.1) is 5.10 Å². The van der Waals surface area contributed by atoms with E-state index in [-0.39, 0.29) is 34.3 Å². The number of nitrogens with zero attached hydrogens (tertiary/aromatic N) is 3. The zero-order valence-corrected chi connectivity index (χ0v) is 16.6. The van der Waals surface area contributed by atoms with E-state index in [0.717, 1.165) is 0 Å². The van der Waals surface area contributed by atoms with Crippen molar-refractivity contribution in [2.45, 2.75) is 24.3 Å². The van der Waals surface area contributed by atoms with Crippen molar-refractivity contribution in [2.24, 2.45) is 11.1 Å². The maximum absolute atomic E-state index is 12.4. The summed E-state index contributed by atoms with van der Waals surface area (Å²) >= 11 is -0.200. The molecule has 0 bridgehead atoms. The number of carbonyl (C=O) groups excluding carboxylic acids is 1. The maximum atomic E-state index is 12.4. The van der Waals surface area contributed by atoms with Crippen LogP contribution in [-0.4, -0.2) is 39.3 Å². The van der Waals surface area contributed by atoms with Gasteiger partial charge in [0.05, 0.1) is 11.6 Å². The average Bonchev–Trinajstić information content (AvgIpc) is 3.13. The van der Waals surface area contributed by atoms with E-state index in [9.17, 15) is 18.0 Å². The van der Waals surface area contributed by atoms with E-state index >= 15 is 0 Å². The van der Waals surface area contributed by atoms with Crippen molar-refractivity contribution in [1.82, 2.24) is 15.1 Å². The first-order chi connectivity index (χ1) is 13.6. The lowest BCUT2D eigenvalue weighted by molar-refractivity contribution is -0.122. The fourth-order valence-corrected chi connectivity index (χ4v) is 2.77. The first-order valence-corrected chi connectivity index (χ1v) is 9.16. The number of alkyl halides is 3. The molecule has 0 aliphatic heterocycles. The second-order valence-electron chi connectivity index (χ2n) is 5.90. The molecule has 0 saturated carbocycles. The molecule has 2 aromatic rings. The summed E-state index contributed by atoms with van der Waals surface area (Å²) in [6.45, 7) is 3.38. The molecule has 2 N–H and O–H groups in total. The number of nitrogens with one attached hydrogen (secondary N) is 1. The topological polar surface area (TPSA) is 88.7 Å². The van der Waals surface area contributed by atoms with Crippen molar-refractivity contribution in [3.63, 3.8) is 0 Å². The van der Waals surface area contributed by atoms with Gasteiger partial charge in [0.25, 0.3) is 5.90 Å². The summed E-state index contributed by atoms with van der Waals surface area (Å²) in [5.41, 5.74) is -3.22. The molecule has 2 rings (SSSR count). The fourth-order valence-electron chi connectivity index (χ4n) is 2.23. The van der Waals surface area contributed by atoms with Crippen LogP contribution >= 0.6 is 11.8 Å². The van der Waals surface area contributed by atoms with Crippen LogP contribution in [0.2, 0.25) is 0 Å². The lowest BCUT2D eigenvalue weighted by Crippen LogP contribution is -2.26. The molecule has 1 aromatic heterocycles. The summed E-state index contributed by atoms with van der Waals surface area (Å²) in [6.07, 6.45) is 2.95. The Bertz CT molecular complexity index is 908. The molecule has 156 valence electrons. The predicted octanol–water partition coefficient (Wildman–Crippen LogP) is 3.98. The van der Waals surface area contributed by atoms with Gasteiger partial charge >= 0.3 is 5.51 Å². The van der Waals surface area contributed by atoms with Gasteiger partial charge < -0.3 is 15.3 Å². The molecule has 1 unspecified atom stereocenters. The summed E-state index contributed by atoms with van der Waals surface area (Å²) in [4.78, 5) is 11.7. The number of ether oxygens (including phenoxy) is 1. The summed E-state index contributed by atoms with van der Waals surface area (Å²) in [7, 11) is 1.52. The Morgan fingerprint density at radius 3 is 2.55 bits per heavy atom. The van der Waals surface area contributed by atoms with Crippen LogP contribution in [-0.2, 0) is 4.79 Å². The first kappa shape index (κ1) is 22.3. The molecule has 1 amide bonds. The SMILES string of the molecule is CNC(=O)C(C)/C(C)=C\C(=N\O)Oc1ccn(-c2ccc(SC(F)(F)F)cc2)n1. The zero-order valence-electron chi connectivity index (χ0n) is 15.8. The summed E-state index contributed by atoms with van der Waals surface area (Å²) < 4.78 is 44.0. The number of carbonyl (C=O) groups is 1. The molecular weight excluding hydrogens is 409 g/mol. The van der Waals surface area contributed by atoms with Crippen molar-refractivity contribution in [3.05, 3.63) is 48.2 Å². The number of oxime groups is 1. The summed E-state index contributed by atoms with van der Waals surface area (Å²) in [5, 5.41) is 18.9. The van der Waals surface area contributed by atoms with E-state index in [4.69, 9.17) is 9.94 Å². The second kappa shape index (κ2) is 9.50. The van der Waals surface area contributed by atoms with Crippen molar-refractivity contribution < 1.29 is 27.9 Å². The van der Waals surface area contributed by atoms with E-state index in [1.807, 2.05) is 0 Å². The third kappa shape index (κ3) is 6.56. The molecule has 0 spiro atoms. The minimum atomic E-state index is -4.35. The Kier molecular flexibility index (Phi) is 7.32. The number of amides is 1. The molecule has 1 heterocycles. The van der Waals surface area contributed by atoms with Crippen LogP contribution in [0.15, 0.2) is 58.2 Å². The molecular formula is C18H19F3N4O3S. The van der Waals surface area contributed by atoms with Crippen molar-refractivity contribution >= 4 is 23.6 Å². The van der Waals surface area contributed by atoms with Gasteiger partial charge in [-0.05, 0) is 55.0 Å². The van der Waals surface area contributed by atoms with Gasteiger partial charge in [0.1, 0.15) is 0 Å². The minimum absolute atomic E-state index is 0.0606. The number of benzene rings is 1. The van der Waals surface area contributed by atoms with Gasteiger partial charge in [0.2, 0.25) is 11.8 Å². The highest BCUT2D eigenvalue weighted by molar-refractivity contribution is 8.00. The van der Waals surface area contributed by atoms with Gasteiger partial charge in [-0.1, -0.05) is 5.57 Å². The number of thioether (sulfide) groups is 1. The highest BCUT2D eigenvalue weighted by atomic mass is 32.2. The molecule has 7 nitrogen and oxygen atoms in total. The van der Waals surface area contributed by atoms with Crippen LogP contribution < -0.4 is 10.1 Å². The molecule has 0 saturated heterocycles. The van der Waals surface area contributed by atoms with Gasteiger partial charge in [-0.3, -0.25) is 4.79 Å². The molecule has 1 aromatic carbocycles. The number of rotatable bonds is 6. The molecule has 29 heavy (non-hydrogen) atoms. The van der Waals surface area contributed by atoms with Gasteiger partial charge in [0, 0.05) is 30.3 Å². The Labute approximate surface area is 169 Å². The van der Waals surface area contributed by atoms with Crippen LogP contribution in [0.5, 0.6) is 5.88 Å². The average molecular weight is 428 g/mol. The molecule has 0 fully saturated rings. The minimum Gasteiger partial charge on any atom is -0.416 e. The maximum Gasteiger partial charge on any atom is 0.446 e. The Morgan fingerprint density at radius 1 is 1.34 bits per heavy atom. The van der Waals surface area contributed by atoms with Crippen LogP contribution in [0, 0.1) is 5.92 Å². The van der Waals surface area contributed by atoms with Crippen LogP contribution in [0.3, 0.4) is 0 Å². The largest absolute Gasteiger partial charge is 0.446 e. The highest BCUT2D eigenvalue weighted by Gasteiger charge is 2.29. The van der Waals surface area contributed by atoms with Crippen LogP contribution in [0.25, 0.3) is 5.69 Å².